The second-order valence-corrected chi connectivity index (χ2v) is 9.20. The van der Waals surface area contributed by atoms with Crippen LogP contribution >= 0.6 is 0 Å². The van der Waals surface area contributed by atoms with Gasteiger partial charge in [0.2, 0.25) is 10.0 Å². The third-order valence-electron chi connectivity index (χ3n) is 5.47. The van der Waals surface area contributed by atoms with Crippen LogP contribution in [0.5, 0.6) is 0 Å². The Morgan fingerprint density at radius 1 is 1.38 bits per heavy atom. The summed E-state index contributed by atoms with van der Waals surface area (Å²) in [6.07, 6.45) is 4.98. The summed E-state index contributed by atoms with van der Waals surface area (Å²) < 4.78 is 31.0. The second-order valence-electron chi connectivity index (χ2n) is 7.36. The van der Waals surface area contributed by atoms with Crippen LogP contribution in [0.4, 0.5) is 0 Å². The van der Waals surface area contributed by atoms with Crippen LogP contribution in [0.2, 0.25) is 0 Å². The van der Waals surface area contributed by atoms with E-state index in [1.165, 1.54) is 6.26 Å². The molecule has 0 spiro atoms. The van der Waals surface area contributed by atoms with Crippen LogP contribution in [-0.4, -0.2) is 55.2 Å². The summed E-state index contributed by atoms with van der Waals surface area (Å²) in [6, 6.07) is 6.09. The molecule has 5 rings (SSSR count). The molecule has 4 unspecified atom stereocenters. The number of hydrogen-bond acceptors (Lipinski definition) is 6. The van der Waals surface area contributed by atoms with Crippen LogP contribution in [0.3, 0.4) is 0 Å². The van der Waals surface area contributed by atoms with Crippen molar-refractivity contribution in [1.29, 1.82) is 0 Å². The van der Waals surface area contributed by atoms with Crippen molar-refractivity contribution in [2.24, 2.45) is 5.92 Å². The van der Waals surface area contributed by atoms with Crippen molar-refractivity contribution in [1.82, 2.24) is 19.6 Å². The van der Waals surface area contributed by atoms with Crippen molar-refractivity contribution in [3.05, 3.63) is 36.0 Å². The topological polar surface area (TPSA) is 88.3 Å². The highest BCUT2D eigenvalue weighted by Gasteiger charge is 2.41. The molecule has 0 amide bonds. The van der Waals surface area contributed by atoms with E-state index in [1.54, 1.807) is 6.26 Å². The quantitative estimate of drug-likeness (QED) is 0.856. The zero-order valence-corrected chi connectivity index (χ0v) is 15.9. The maximum atomic E-state index is 11.4. The van der Waals surface area contributed by atoms with Gasteiger partial charge in [0, 0.05) is 30.7 Å². The lowest BCUT2D eigenvalue weighted by atomic mass is 9.74. The number of sulfonamides is 1. The van der Waals surface area contributed by atoms with Crippen molar-refractivity contribution in [2.75, 3.05) is 25.9 Å². The van der Waals surface area contributed by atoms with Crippen LogP contribution in [-0.2, 0) is 10.0 Å². The van der Waals surface area contributed by atoms with Gasteiger partial charge in [0.05, 0.1) is 12.5 Å². The molecule has 5 heterocycles. The molecule has 1 N–H and O–H groups in total. The van der Waals surface area contributed by atoms with E-state index in [1.807, 2.05) is 25.1 Å². The average Bonchev–Trinajstić information content (AvgIpc) is 3.14. The summed E-state index contributed by atoms with van der Waals surface area (Å²) in [5.41, 5.74) is 1.89. The maximum absolute atomic E-state index is 11.4. The molecule has 2 aromatic rings. The summed E-state index contributed by atoms with van der Waals surface area (Å²) in [5.74, 6) is 2.38. The molecule has 3 aliphatic rings. The van der Waals surface area contributed by atoms with Gasteiger partial charge >= 0.3 is 0 Å². The monoisotopic (exact) mass is 376 g/mol. The van der Waals surface area contributed by atoms with E-state index in [4.69, 9.17) is 9.40 Å². The molecule has 3 aliphatic heterocycles. The maximum Gasteiger partial charge on any atom is 0.208 e. The summed E-state index contributed by atoms with van der Waals surface area (Å²) in [6.45, 7) is 4.33. The van der Waals surface area contributed by atoms with Gasteiger partial charge in [-0.1, -0.05) is 0 Å². The number of fused-ring (bicyclic) bond motifs is 3. The van der Waals surface area contributed by atoms with E-state index in [-0.39, 0.29) is 6.04 Å². The van der Waals surface area contributed by atoms with Gasteiger partial charge in [-0.2, -0.15) is 0 Å². The van der Waals surface area contributed by atoms with E-state index in [0.29, 0.717) is 18.4 Å². The molecule has 140 valence electrons. The molecule has 3 fully saturated rings. The minimum atomic E-state index is -3.15. The number of aromatic nitrogens is 2. The van der Waals surface area contributed by atoms with Gasteiger partial charge < -0.3 is 4.42 Å². The summed E-state index contributed by atoms with van der Waals surface area (Å²) in [5, 5.41) is 0. The Bertz CT molecular complexity index is 882. The van der Waals surface area contributed by atoms with E-state index < -0.39 is 10.0 Å². The minimum absolute atomic E-state index is 0.271. The summed E-state index contributed by atoms with van der Waals surface area (Å²) >= 11 is 0. The highest BCUT2D eigenvalue weighted by atomic mass is 32.2. The number of nitrogens with one attached hydrogen (secondary N) is 1. The zero-order chi connectivity index (χ0) is 18.3. The first kappa shape index (κ1) is 17.6. The predicted octanol–water partition coefficient (Wildman–Crippen LogP) is 1.77. The molecule has 2 aromatic heterocycles. The fourth-order valence-corrected chi connectivity index (χ4v) is 4.76. The van der Waals surface area contributed by atoms with E-state index in [0.717, 1.165) is 48.9 Å². The molecule has 7 nitrogen and oxygen atoms in total. The van der Waals surface area contributed by atoms with Gasteiger partial charge in [-0.25, -0.2) is 23.1 Å². The van der Waals surface area contributed by atoms with Crippen LogP contribution in [0.1, 0.15) is 30.3 Å². The van der Waals surface area contributed by atoms with Crippen molar-refractivity contribution < 1.29 is 12.8 Å². The molecule has 0 aromatic carbocycles. The standard InChI is InChI=1S/C18H24N4O3S/c1-12-20-16(9-17(21-12)18-4-3-7-25-18)15-11-22-6-5-13(15)8-14(22)10-19-26(2,23)24/h3-4,7,9,13-15,19H,5-6,8,10-11H2,1-2H3. The number of hydrogen-bond donors (Lipinski definition) is 1. The fourth-order valence-electron chi connectivity index (χ4n) is 4.26. The molecule has 26 heavy (non-hydrogen) atoms. The normalized spacial score (nSPS) is 28.4. The lowest BCUT2D eigenvalue weighted by Crippen LogP contribution is -2.56. The van der Waals surface area contributed by atoms with Crippen molar-refractivity contribution in [3.8, 4) is 11.5 Å². The van der Waals surface area contributed by atoms with E-state index in [9.17, 15) is 8.42 Å². The van der Waals surface area contributed by atoms with Crippen molar-refractivity contribution in [3.63, 3.8) is 0 Å². The number of nitrogens with zero attached hydrogens (tertiary/aromatic N) is 3. The highest BCUT2D eigenvalue weighted by molar-refractivity contribution is 7.88. The van der Waals surface area contributed by atoms with Gasteiger partial charge in [0.1, 0.15) is 11.5 Å². The molecule has 8 heteroatoms. The largest absolute Gasteiger partial charge is 0.463 e. The Morgan fingerprint density at radius 2 is 2.23 bits per heavy atom. The smallest absolute Gasteiger partial charge is 0.208 e. The zero-order valence-electron chi connectivity index (χ0n) is 15.1. The molecular formula is C18H24N4O3S. The van der Waals surface area contributed by atoms with Gasteiger partial charge in [0.25, 0.3) is 0 Å². The SMILES string of the molecule is Cc1nc(-c2ccco2)cc(C2CN3CCC2CC3CNS(C)(=O)=O)n1. The van der Waals surface area contributed by atoms with Crippen LogP contribution < -0.4 is 4.72 Å². The predicted molar refractivity (Wildman–Crippen MR) is 98.1 cm³/mol. The molecule has 0 radical (unpaired) electrons. The highest BCUT2D eigenvalue weighted by Crippen LogP contribution is 2.41. The molecule has 0 aliphatic carbocycles. The Kier molecular flexibility index (Phi) is 4.58. The first-order valence-electron chi connectivity index (χ1n) is 8.97. The number of aryl methyl sites for hydroxylation is 1. The molecule has 4 atom stereocenters. The lowest BCUT2D eigenvalue weighted by Gasteiger charge is -2.49. The van der Waals surface area contributed by atoms with E-state index >= 15 is 0 Å². The third-order valence-corrected chi connectivity index (χ3v) is 6.16. The Hall–Kier alpha value is -1.77. The lowest BCUT2D eigenvalue weighted by molar-refractivity contribution is 0.0317. The molecule has 0 saturated carbocycles. The van der Waals surface area contributed by atoms with Crippen molar-refractivity contribution in [2.45, 2.75) is 31.7 Å². The second kappa shape index (κ2) is 6.75. The van der Waals surface area contributed by atoms with Crippen LogP contribution in [0, 0.1) is 12.8 Å². The first-order valence-corrected chi connectivity index (χ1v) is 10.9. The van der Waals surface area contributed by atoms with Gasteiger partial charge in [-0.05, 0) is 50.4 Å². The van der Waals surface area contributed by atoms with Crippen LogP contribution in [0.25, 0.3) is 11.5 Å². The van der Waals surface area contributed by atoms with Gasteiger partial charge in [0.15, 0.2) is 5.76 Å². The van der Waals surface area contributed by atoms with Gasteiger partial charge in [-0.15, -0.1) is 0 Å². The van der Waals surface area contributed by atoms with Crippen LogP contribution in [0.15, 0.2) is 28.9 Å². The Balaban J connectivity index is 1.54. The third kappa shape index (κ3) is 3.67. The molecule has 2 bridgehead atoms. The molecular weight excluding hydrogens is 352 g/mol. The summed E-state index contributed by atoms with van der Waals surface area (Å²) in [7, 11) is -3.15. The Morgan fingerprint density at radius 3 is 2.88 bits per heavy atom. The minimum Gasteiger partial charge on any atom is -0.463 e. The van der Waals surface area contributed by atoms with Gasteiger partial charge in [-0.3, -0.25) is 4.90 Å². The number of furan rings is 1. The first-order chi connectivity index (χ1) is 12.4. The average molecular weight is 376 g/mol. The number of rotatable bonds is 5. The van der Waals surface area contributed by atoms with E-state index in [2.05, 4.69) is 14.6 Å². The number of piperidine rings is 3. The fraction of sp³-hybridized carbons (Fsp3) is 0.556. The summed E-state index contributed by atoms with van der Waals surface area (Å²) in [4.78, 5) is 11.6. The van der Waals surface area contributed by atoms with Crippen molar-refractivity contribution >= 4 is 10.0 Å². The molecule has 3 saturated heterocycles. The Labute approximate surface area is 153 Å².